The highest BCUT2D eigenvalue weighted by Crippen LogP contribution is 2.19. The van der Waals surface area contributed by atoms with Gasteiger partial charge in [0.25, 0.3) is 0 Å². The van der Waals surface area contributed by atoms with E-state index in [-0.39, 0.29) is 12.3 Å². The van der Waals surface area contributed by atoms with Gasteiger partial charge in [-0.1, -0.05) is 12.1 Å². The Kier molecular flexibility index (Phi) is 9.71. The van der Waals surface area contributed by atoms with Gasteiger partial charge in [-0.15, -0.1) is 0 Å². The number of hydrogen-bond acceptors (Lipinski definition) is 4. The molecule has 136 valence electrons. The Morgan fingerprint density at radius 3 is 2.54 bits per heavy atom. The van der Waals surface area contributed by atoms with E-state index in [9.17, 15) is 13.9 Å². The van der Waals surface area contributed by atoms with Crippen molar-refractivity contribution in [3.8, 4) is 5.75 Å². The van der Waals surface area contributed by atoms with Crippen LogP contribution in [0.4, 0.5) is 8.78 Å². The molecule has 1 aromatic rings. The molecule has 0 fully saturated rings. The summed E-state index contributed by atoms with van der Waals surface area (Å²) < 4.78 is 33.4. The largest absolute Gasteiger partial charge is 0.435 e. The minimum absolute atomic E-state index is 0.0533. The highest BCUT2D eigenvalue weighted by molar-refractivity contribution is 5.79. The van der Waals surface area contributed by atoms with E-state index in [1.54, 1.807) is 7.11 Å². The summed E-state index contributed by atoms with van der Waals surface area (Å²) in [5, 5.41) is 16.4. The second-order valence-corrected chi connectivity index (χ2v) is 4.96. The van der Waals surface area contributed by atoms with Crippen LogP contribution in [0.15, 0.2) is 29.3 Å². The normalized spacial score (nSPS) is 13.0. The second-order valence-electron chi connectivity index (χ2n) is 4.96. The lowest BCUT2D eigenvalue weighted by atomic mass is 10.1. The first-order chi connectivity index (χ1) is 11.6. The molecule has 1 unspecified atom stereocenters. The van der Waals surface area contributed by atoms with Crippen LogP contribution >= 0.6 is 0 Å². The van der Waals surface area contributed by atoms with Crippen molar-refractivity contribution in [1.29, 1.82) is 0 Å². The fraction of sp³-hybridized carbons (Fsp3) is 0.562. The predicted octanol–water partition coefficient (Wildman–Crippen LogP) is 1.91. The summed E-state index contributed by atoms with van der Waals surface area (Å²) in [6.45, 7) is 1.29. The smallest absolute Gasteiger partial charge is 0.387 e. The van der Waals surface area contributed by atoms with E-state index in [0.29, 0.717) is 31.2 Å². The number of rotatable bonds is 10. The van der Waals surface area contributed by atoms with Crippen LogP contribution in [0.2, 0.25) is 0 Å². The van der Waals surface area contributed by atoms with E-state index >= 15 is 0 Å². The molecular weight excluding hydrogens is 320 g/mol. The molecule has 1 atom stereocenters. The summed E-state index contributed by atoms with van der Waals surface area (Å²) >= 11 is 0. The maximum absolute atomic E-state index is 12.1. The number of nitrogens with zero attached hydrogens (tertiary/aromatic N) is 1. The minimum atomic E-state index is -2.86. The lowest BCUT2D eigenvalue weighted by Crippen LogP contribution is -2.38. The number of methoxy groups -OCH3 is 1. The van der Waals surface area contributed by atoms with Gasteiger partial charge >= 0.3 is 6.61 Å². The van der Waals surface area contributed by atoms with Crippen molar-refractivity contribution < 1.29 is 23.4 Å². The lowest BCUT2D eigenvalue weighted by Gasteiger charge is -2.13. The van der Waals surface area contributed by atoms with Crippen molar-refractivity contribution in [2.45, 2.75) is 26.1 Å². The molecule has 1 rings (SSSR count). The van der Waals surface area contributed by atoms with Gasteiger partial charge in [0, 0.05) is 26.8 Å². The first-order valence-corrected chi connectivity index (χ1v) is 7.80. The van der Waals surface area contributed by atoms with Crippen LogP contribution in [-0.2, 0) is 4.74 Å². The van der Waals surface area contributed by atoms with Crippen molar-refractivity contribution >= 4 is 5.96 Å². The third kappa shape index (κ3) is 8.07. The van der Waals surface area contributed by atoms with E-state index in [2.05, 4.69) is 20.4 Å². The molecule has 0 aliphatic heterocycles. The SMILES string of the molecule is CCNC(=NCC(O)c1ccc(OC(F)F)cc1)NCCCOC. The second kappa shape index (κ2) is 11.6. The van der Waals surface area contributed by atoms with E-state index in [1.807, 2.05) is 6.92 Å². The summed E-state index contributed by atoms with van der Waals surface area (Å²) in [6, 6.07) is 5.86. The Morgan fingerprint density at radius 1 is 1.25 bits per heavy atom. The molecule has 0 heterocycles. The number of aliphatic imine (C=N–C) groups is 1. The Labute approximate surface area is 140 Å². The molecule has 3 N–H and O–H groups in total. The highest BCUT2D eigenvalue weighted by atomic mass is 19.3. The number of guanidine groups is 1. The number of aliphatic hydroxyl groups excluding tert-OH is 1. The molecule has 0 saturated carbocycles. The summed E-state index contributed by atoms with van der Waals surface area (Å²) in [7, 11) is 1.65. The van der Waals surface area contributed by atoms with E-state index in [0.717, 1.165) is 6.42 Å². The standard InChI is InChI=1S/C16H25F2N3O3/c1-3-19-16(20-9-4-10-23-2)21-11-14(22)12-5-7-13(8-6-12)24-15(17)18/h5-8,14-15,22H,3-4,9-11H2,1-2H3,(H2,19,20,21). The molecule has 0 aromatic heterocycles. The molecule has 6 nitrogen and oxygen atoms in total. The number of aliphatic hydroxyl groups is 1. The Balaban J connectivity index is 2.54. The van der Waals surface area contributed by atoms with Crippen LogP contribution < -0.4 is 15.4 Å². The van der Waals surface area contributed by atoms with Crippen molar-refractivity contribution in [2.75, 3.05) is 33.4 Å². The van der Waals surface area contributed by atoms with Gasteiger partial charge < -0.3 is 25.2 Å². The van der Waals surface area contributed by atoms with Gasteiger partial charge in [0.05, 0.1) is 12.6 Å². The van der Waals surface area contributed by atoms with Crippen molar-refractivity contribution in [3.05, 3.63) is 29.8 Å². The van der Waals surface area contributed by atoms with Gasteiger partial charge in [0.15, 0.2) is 5.96 Å². The van der Waals surface area contributed by atoms with E-state index < -0.39 is 12.7 Å². The highest BCUT2D eigenvalue weighted by Gasteiger charge is 2.09. The summed E-state index contributed by atoms with van der Waals surface area (Å²) in [5.74, 6) is 0.655. The van der Waals surface area contributed by atoms with Crippen LogP contribution in [0.5, 0.6) is 5.75 Å². The van der Waals surface area contributed by atoms with Crippen LogP contribution in [-0.4, -0.2) is 51.0 Å². The molecule has 8 heteroatoms. The number of alkyl halides is 2. The summed E-state index contributed by atoms with van der Waals surface area (Å²) in [5.41, 5.74) is 0.579. The van der Waals surface area contributed by atoms with Gasteiger partial charge in [0.1, 0.15) is 5.75 Å². The number of benzene rings is 1. The molecule has 0 spiro atoms. The van der Waals surface area contributed by atoms with Gasteiger partial charge in [-0.25, -0.2) is 0 Å². The van der Waals surface area contributed by atoms with Crippen LogP contribution in [0, 0.1) is 0 Å². The molecule has 0 bridgehead atoms. The summed E-state index contributed by atoms with van der Waals surface area (Å²) in [6.07, 6.45) is 0.00902. The van der Waals surface area contributed by atoms with E-state index in [1.165, 1.54) is 24.3 Å². The fourth-order valence-electron chi connectivity index (χ4n) is 1.92. The fourth-order valence-corrected chi connectivity index (χ4v) is 1.92. The molecule has 0 aliphatic rings. The molecule has 0 saturated heterocycles. The summed E-state index contributed by atoms with van der Waals surface area (Å²) in [4.78, 5) is 4.31. The first kappa shape index (κ1) is 20.1. The number of hydrogen-bond donors (Lipinski definition) is 3. The predicted molar refractivity (Wildman–Crippen MR) is 88.5 cm³/mol. The maximum atomic E-state index is 12.1. The van der Waals surface area contributed by atoms with Crippen LogP contribution in [0.25, 0.3) is 0 Å². The minimum Gasteiger partial charge on any atom is -0.435 e. The van der Waals surface area contributed by atoms with Crippen molar-refractivity contribution in [2.24, 2.45) is 4.99 Å². The number of nitrogens with one attached hydrogen (secondary N) is 2. The third-order valence-corrected chi connectivity index (χ3v) is 3.07. The van der Waals surface area contributed by atoms with Crippen LogP contribution in [0.1, 0.15) is 25.0 Å². The zero-order valence-corrected chi connectivity index (χ0v) is 14.0. The Morgan fingerprint density at radius 2 is 1.96 bits per heavy atom. The zero-order valence-electron chi connectivity index (χ0n) is 14.0. The number of halogens is 2. The van der Waals surface area contributed by atoms with Crippen molar-refractivity contribution in [1.82, 2.24) is 10.6 Å². The van der Waals surface area contributed by atoms with Crippen LogP contribution in [0.3, 0.4) is 0 Å². The number of ether oxygens (including phenoxy) is 2. The quantitative estimate of drug-likeness (QED) is 0.343. The molecule has 0 aliphatic carbocycles. The third-order valence-electron chi connectivity index (χ3n) is 3.07. The monoisotopic (exact) mass is 345 g/mol. The van der Waals surface area contributed by atoms with Crippen molar-refractivity contribution in [3.63, 3.8) is 0 Å². The molecule has 24 heavy (non-hydrogen) atoms. The molecule has 0 amide bonds. The zero-order chi connectivity index (χ0) is 17.8. The van der Waals surface area contributed by atoms with Gasteiger partial charge in [-0.3, -0.25) is 4.99 Å². The average molecular weight is 345 g/mol. The first-order valence-electron chi connectivity index (χ1n) is 7.80. The Bertz CT molecular complexity index is 484. The van der Waals surface area contributed by atoms with Gasteiger partial charge in [-0.05, 0) is 31.0 Å². The maximum Gasteiger partial charge on any atom is 0.387 e. The van der Waals surface area contributed by atoms with Gasteiger partial charge in [0.2, 0.25) is 0 Å². The molecular formula is C16H25F2N3O3. The van der Waals surface area contributed by atoms with E-state index in [4.69, 9.17) is 4.74 Å². The lowest BCUT2D eigenvalue weighted by molar-refractivity contribution is -0.0498. The average Bonchev–Trinajstić information content (AvgIpc) is 2.56. The molecule has 0 radical (unpaired) electrons. The molecule has 1 aromatic carbocycles. The topological polar surface area (TPSA) is 75.1 Å². The van der Waals surface area contributed by atoms with Gasteiger partial charge in [-0.2, -0.15) is 8.78 Å². The Hall–Kier alpha value is -1.93.